The SMILES string of the molecule is Cc1cc(C(=O)N[C@@H]2COC[C@H]2N2CCCC2)nc(N)n1. The van der Waals surface area contributed by atoms with E-state index in [9.17, 15) is 4.79 Å². The van der Waals surface area contributed by atoms with Crippen LogP contribution in [0.25, 0.3) is 0 Å². The van der Waals surface area contributed by atoms with Gasteiger partial charge in [-0.25, -0.2) is 9.97 Å². The summed E-state index contributed by atoms with van der Waals surface area (Å²) in [6, 6.07) is 1.91. The lowest BCUT2D eigenvalue weighted by molar-refractivity contribution is 0.0911. The van der Waals surface area contributed by atoms with Crippen LogP contribution in [-0.4, -0.2) is 59.2 Å². The molecule has 7 nitrogen and oxygen atoms in total. The first kappa shape index (κ1) is 14.2. The van der Waals surface area contributed by atoms with Crippen LogP contribution >= 0.6 is 0 Å². The van der Waals surface area contributed by atoms with Crippen molar-refractivity contribution < 1.29 is 9.53 Å². The Kier molecular flexibility index (Phi) is 4.03. The molecule has 7 heteroatoms. The van der Waals surface area contributed by atoms with Crippen LogP contribution in [0, 0.1) is 6.92 Å². The van der Waals surface area contributed by atoms with Crippen molar-refractivity contribution in [2.45, 2.75) is 31.8 Å². The van der Waals surface area contributed by atoms with Crippen LogP contribution in [-0.2, 0) is 4.74 Å². The molecule has 21 heavy (non-hydrogen) atoms. The predicted octanol–water partition coefficient (Wildman–Crippen LogP) is -0.0398. The highest BCUT2D eigenvalue weighted by molar-refractivity contribution is 5.92. The van der Waals surface area contributed by atoms with E-state index in [0.717, 1.165) is 13.1 Å². The van der Waals surface area contributed by atoms with Crippen molar-refractivity contribution in [1.82, 2.24) is 20.2 Å². The van der Waals surface area contributed by atoms with Gasteiger partial charge in [-0.05, 0) is 38.9 Å². The van der Waals surface area contributed by atoms with Crippen molar-refractivity contribution in [3.8, 4) is 0 Å². The summed E-state index contributed by atoms with van der Waals surface area (Å²) >= 11 is 0. The van der Waals surface area contributed by atoms with Crippen LogP contribution in [0.5, 0.6) is 0 Å². The molecule has 1 amide bonds. The summed E-state index contributed by atoms with van der Waals surface area (Å²) in [5, 5.41) is 3.03. The molecule has 2 aliphatic rings. The van der Waals surface area contributed by atoms with Gasteiger partial charge in [0, 0.05) is 5.69 Å². The fraction of sp³-hybridized carbons (Fsp3) is 0.643. The number of ether oxygens (including phenoxy) is 1. The number of hydrogen-bond donors (Lipinski definition) is 2. The van der Waals surface area contributed by atoms with Crippen LogP contribution < -0.4 is 11.1 Å². The lowest BCUT2D eigenvalue weighted by Gasteiger charge is -2.27. The van der Waals surface area contributed by atoms with Crippen molar-refractivity contribution in [3.63, 3.8) is 0 Å². The van der Waals surface area contributed by atoms with E-state index in [1.165, 1.54) is 12.8 Å². The first-order valence-electron chi connectivity index (χ1n) is 7.37. The number of nitrogens with one attached hydrogen (secondary N) is 1. The second kappa shape index (κ2) is 5.95. The van der Waals surface area contributed by atoms with Crippen LogP contribution in [0.3, 0.4) is 0 Å². The van der Waals surface area contributed by atoms with Gasteiger partial charge in [-0.15, -0.1) is 0 Å². The Morgan fingerprint density at radius 2 is 2.14 bits per heavy atom. The molecule has 0 unspecified atom stereocenters. The molecule has 3 rings (SSSR count). The number of nitrogens with zero attached hydrogens (tertiary/aromatic N) is 3. The number of carbonyl (C=O) groups is 1. The van der Waals surface area contributed by atoms with Gasteiger partial charge in [-0.1, -0.05) is 0 Å². The number of aryl methyl sites for hydroxylation is 1. The standard InChI is InChI=1S/C14H21N5O2/c1-9-6-10(18-14(15)16-9)13(20)17-11-7-21-8-12(11)19-4-2-3-5-19/h6,11-12H,2-5,7-8H2,1H3,(H,17,20)(H2,15,16,18)/t11-,12-/m1/s1. The number of rotatable bonds is 3. The Balaban J connectivity index is 1.68. The predicted molar refractivity (Wildman–Crippen MR) is 77.8 cm³/mol. The maximum absolute atomic E-state index is 12.3. The zero-order valence-electron chi connectivity index (χ0n) is 12.2. The van der Waals surface area contributed by atoms with Crippen molar-refractivity contribution >= 4 is 11.9 Å². The number of anilines is 1. The van der Waals surface area contributed by atoms with E-state index in [4.69, 9.17) is 10.5 Å². The molecule has 1 aromatic rings. The Morgan fingerprint density at radius 1 is 1.38 bits per heavy atom. The van der Waals surface area contributed by atoms with Gasteiger partial charge in [0.05, 0.1) is 25.3 Å². The Morgan fingerprint density at radius 3 is 2.86 bits per heavy atom. The average molecular weight is 291 g/mol. The second-order valence-electron chi connectivity index (χ2n) is 5.68. The minimum atomic E-state index is -0.216. The third-order valence-corrected chi connectivity index (χ3v) is 4.08. The molecule has 0 bridgehead atoms. The van der Waals surface area contributed by atoms with Crippen LogP contribution in [0.15, 0.2) is 6.07 Å². The summed E-state index contributed by atoms with van der Waals surface area (Å²) in [6.07, 6.45) is 2.44. The highest BCUT2D eigenvalue weighted by Crippen LogP contribution is 2.19. The molecule has 0 radical (unpaired) electrons. The van der Waals surface area contributed by atoms with E-state index in [-0.39, 0.29) is 23.9 Å². The highest BCUT2D eigenvalue weighted by Gasteiger charge is 2.35. The largest absolute Gasteiger partial charge is 0.378 e. The third kappa shape index (κ3) is 3.14. The quantitative estimate of drug-likeness (QED) is 0.811. The number of amides is 1. The normalized spacial score (nSPS) is 26.1. The summed E-state index contributed by atoms with van der Waals surface area (Å²) in [7, 11) is 0. The molecule has 2 atom stereocenters. The molecule has 3 heterocycles. The van der Waals surface area contributed by atoms with Gasteiger partial charge >= 0.3 is 0 Å². The number of carbonyl (C=O) groups excluding carboxylic acids is 1. The molecular weight excluding hydrogens is 270 g/mol. The fourth-order valence-corrected chi connectivity index (χ4v) is 3.06. The van der Waals surface area contributed by atoms with Crippen molar-refractivity contribution in [2.24, 2.45) is 0 Å². The van der Waals surface area contributed by atoms with Crippen molar-refractivity contribution in [1.29, 1.82) is 0 Å². The Hall–Kier alpha value is -1.73. The maximum atomic E-state index is 12.3. The lowest BCUT2D eigenvalue weighted by Crippen LogP contribution is -2.50. The summed E-state index contributed by atoms with van der Waals surface area (Å²) in [5.74, 6) is -0.0918. The van der Waals surface area contributed by atoms with Gasteiger partial charge in [0.1, 0.15) is 5.69 Å². The number of likely N-dealkylation sites (tertiary alicyclic amines) is 1. The van der Waals surface area contributed by atoms with E-state index in [1.807, 2.05) is 0 Å². The lowest BCUT2D eigenvalue weighted by atomic mass is 10.1. The first-order chi connectivity index (χ1) is 10.1. The van der Waals surface area contributed by atoms with Crippen LogP contribution in [0.4, 0.5) is 5.95 Å². The Bertz CT molecular complexity index is 510. The molecule has 0 saturated carbocycles. The molecule has 3 N–H and O–H groups in total. The molecule has 2 fully saturated rings. The van der Waals surface area contributed by atoms with Gasteiger partial charge < -0.3 is 15.8 Å². The minimum Gasteiger partial charge on any atom is -0.378 e. The highest BCUT2D eigenvalue weighted by atomic mass is 16.5. The molecule has 114 valence electrons. The second-order valence-corrected chi connectivity index (χ2v) is 5.68. The summed E-state index contributed by atoms with van der Waals surface area (Å²) < 4.78 is 5.55. The summed E-state index contributed by atoms with van der Waals surface area (Å²) in [6.45, 7) is 5.18. The smallest absolute Gasteiger partial charge is 0.270 e. The van der Waals surface area contributed by atoms with Gasteiger partial charge in [0.2, 0.25) is 5.95 Å². The topological polar surface area (TPSA) is 93.4 Å². The van der Waals surface area contributed by atoms with Gasteiger partial charge in [-0.2, -0.15) is 0 Å². The van der Waals surface area contributed by atoms with E-state index >= 15 is 0 Å². The molecule has 2 aliphatic heterocycles. The van der Waals surface area contributed by atoms with Gasteiger partial charge in [-0.3, -0.25) is 9.69 Å². The summed E-state index contributed by atoms with van der Waals surface area (Å²) in [5.41, 5.74) is 6.60. The number of nitrogen functional groups attached to an aromatic ring is 1. The van der Waals surface area contributed by atoms with Crippen LogP contribution in [0.1, 0.15) is 29.0 Å². The third-order valence-electron chi connectivity index (χ3n) is 4.08. The zero-order valence-corrected chi connectivity index (χ0v) is 12.2. The van der Waals surface area contributed by atoms with E-state index in [1.54, 1.807) is 13.0 Å². The summed E-state index contributed by atoms with van der Waals surface area (Å²) in [4.78, 5) is 22.7. The van der Waals surface area contributed by atoms with Crippen molar-refractivity contribution in [2.75, 3.05) is 32.0 Å². The first-order valence-corrected chi connectivity index (χ1v) is 7.37. The number of hydrogen-bond acceptors (Lipinski definition) is 6. The van der Waals surface area contributed by atoms with E-state index in [0.29, 0.717) is 24.6 Å². The molecule has 1 aromatic heterocycles. The number of nitrogens with two attached hydrogens (primary N) is 1. The molecule has 0 spiro atoms. The number of aromatic nitrogens is 2. The van der Waals surface area contributed by atoms with Gasteiger partial charge in [0.25, 0.3) is 5.91 Å². The fourth-order valence-electron chi connectivity index (χ4n) is 3.06. The average Bonchev–Trinajstić information content (AvgIpc) is 3.07. The van der Waals surface area contributed by atoms with Crippen LogP contribution in [0.2, 0.25) is 0 Å². The molecule has 0 aliphatic carbocycles. The minimum absolute atomic E-state index is 0.00657. The van der Waals surface area contributed by atoms with Gasteiger partial charge in [0.15, 0.2) is 0 Å². The molecular formula is C14H21N5O2. The van der Waals surface area contributed by atoms with E-state index < -0.39 is 0 Å². The molecule has 0 aromatic carbocycles. The van der Waals surface area contributed by atoms with E-state index in [2.05, 4.69) is 20.2 Å². The maximum Gasteiger partial charge on any atom is 0.270 e. The molecule has 2 saturated heterocycles. The van der Waals surface area contributed by atoms with Crippen molar-refractivity contribution in [3.05, 3.63) is 17.5 Å². The Labute approximate surface area is 123 Å². The monoisotopic (exact) mass is 291 g/mol. The zero-order chi connectivity index (χ0) is 14.8.